The Balaban J connectivity index is 2.11. The third-order valence-electron chi connectivity index (χ3n) is 3.54. The fourth-order valence-corrected chi connectivity index (χ4v) is 2.57. The van der Waals surface area contributed by atoms with Gasteiger partial charge in [0.15, 0.2) is 17.3 Å². The maximum absolute atomic E-state index is 5.41. The predicted molar refractivity (Wildman–Crippen MR) is 72.5 cm³/mol. The van der Waals surface area contributed by atoms with Crippen molar-refractivity contribution >= 4 is 5.82 Å². The first kappa shape index (κ1) is 12.3. The van der Waals surface area contributed by atoms with Crippen LogP contribution in [0.2, 0.25) is 0 Å². The molecule has 0 aromatic carbocycles. The number of hydrogen-bond donors (Lipinski definition) is 0. The van der Waals surface area contributed by atoms with Crippen LogP contribution in [0.15, 0.2) is 6.33 Å². The van der Waals surface area contributed by atoms with Crippen molar-refractivity contribution in [2.75, 3.05) is 31.2 Å². The maximum atomic E-state index is 5.41. The highest BCUT2D eigenvalue weighted by Gasteiger charge is 2.24. The van der Waals surface area contributed by atoms with E-state index in [1.165, 1.54) is 0 Å². The van der Waals surface area contributed by atoms with Gasteiger partial charge in [-0.15, -0.1) is 0 Å². The van der Waals surface area contributed by atoms with Gasteiger partial charge in [0, 0.05) is 26.1 Å². The van der Waals surface area contributed by atoms with Gasteiger partial charge in [-0.2, -0.15) is 0 Å². The zero-order valence-corrected chi connectivity index (χ0v) is 11.5. The van der Waals surface area contributed by atoms with E-state index in [9.17, 15) is 0 Å². The summed E-state index contributed by atoms with van der Waals surface area (Å²) in [6, 6.07) is 0. The smallest absolute Gasteiger partial charge is 0.165 e. The highest BCUT2D eigenvalue weighted by atomic mass is 16.5. The van der Waals surface area contributed by atoms with Crippen molar-refractivity contribution in [3.8, 4) is 11.5 Å². The van der Waals surface area contributed by atoms with Gasteiger partial charge in [-0.1, -0.05) is 6.92 Å². The summed E-state index contributed by atoms with van der Waals surface area (Å²) >= 11 is 0. The molecule has 0 saturated carbocycles. The fourth-order valence-electron chi connectivity index (χ4n) is 2.57. The SMILES string of the molecule is CCc1nc(N2CCOCC2)c2ncnc-2n1CC. The van der Waals surface area contributed by atoms with Crippen LogP contribution in [-0.2, 0) is 17.7 Å². The molecule has 1 fully saturated rings. The van der Waals surface area contributed by atoms with Crippen LogP contribution in [0.1, 0.15) is 19.7 Å². The van der Waals surface area contributed by atoms with E-state index in [1.807, 2.05) is 0 Å². The summed E-state index contributed by atoms with van der Waals surface area (Å²) in [4.78, 5) is 15.9. The minimum atomic E-state index is 0.751. The largest absolute Gasteiger partial charge is 0.378 e. The van der Waals surface area contributed by atoms with Gasteiger partial charge in [0.05, 0.1) is 13.2 Å². The summed E-state index contributed by atoms with van der Waals surface area (Å²) in [7, 11) is 0. The fraction of sp³-hybridized carbons (Fsp3) is 0.615. The molecule has 0 aliphatic carbocycles. The number of ether oxygens (including phenoxy) is 1. The zero-order chi connectivity index (χ0) is 13.2. The number of hydrogen-bond acceptors (Lipinski definition) is 5. The molecule has 0 unspecified atom stereocenters. The molecule has 6 nitrogen and oxygen atoms in total. The van der Waals surface area contributed by atoms with Crippen molar-refractivity contribution in [3.05, 3.63) is 12.2 Å². The predicted octanol–water partition coefficient (Wildman–Crippen LogP) is 1.20. The second kappa shape index (κ2) is 5.13. The second-order valence-electron chi connectivity index (χ2n) is 4.59. The van der Waals surface area contributed by atoms with Crippen LogP contribution in [0.3, 0.4) is 0 Å². The molecule has 3 rings (SSSR count). The number of fused-ring (bicyclic) bond motifs is 1. The van der Waals surface area contributed by atoms with E-state index in [1.54, 1.807) is 6.33 Å². The molecule has 0 bridgehead atoms. The van der Waals surface area contributed by atoms with Gasteiger partial charge < -0.3 is 14.2 Å². The number of aryl methyl sites for hydroxylation is 1. The Kier molecular flexibility index (Phi) is 3.33. The first-order chi connectivity index (χ1) is 9.35. The molecule has 1 saturated heterocycles. The summed E-state index contributed by atoms with van der Waals surface area (Å²) in [5, 5.41) is 0. The van der Waals surface area contributed by atoms with Crippen molar-refractivity contribution in [2.24, 2.45) is 0 Å². The van der Waals surface area contributed by atoms with Crippen molar-refractivity contribution in [1.29, 1.82) is 0 Å². The molecule has 0 aromatic heterocycles. The lowest BCUT2D eigenvalue weighted by molar-refractivity contribution is 0.122. The Labute approximate surface area is 112 Å². The Bertz CT molecular complexity index is 532. The number of anilines is 1. The van der Waals surface area contributed by atoms with E-state index in [0.717, 1.165) is 62.4 Å². The van der Waals surface area contributed by atoms with E-state index < -0.39 is 0 Å². The van der Waals surface area contributed by atoms with Gasteiger partial charge in [-0.05, 0) is 6.92 Å². The van der Waals surface area contributed by atoms with Crippen molar-refractivity contribution in [2.45, 2.75) is 26.8 Å². The molecule has 102 valence electrons. The van der Waals surface area contributed by atoms with E-state index in [0.29, 0.717) is 0 Å². The number of aromatic nitrogens is 4. The van der Waals surface area contributed by atoms with E-state index in [4.69, 9.17) is 9.72 Å². The average Bonchev–Trinajstić information content (AvgIpc) is 2.95. The molecule has 0 atom stereocenters. The Morgan fingerprint density at radius 3 is 2.68 bits per heavy atom. The molecule has 6 heteroatoms. The standard InChI is InChI=1S/C13H19N5O/c1-3-10-16-13(17-5-7-19-8-6-17)11-12(15-9-14-11)18(10)4-2/h9H,3-8H2,1-2H3. The summed E-state index contributed by atoms with van der Waals surface area (Å²) in [6.07, 6.45) is 2.52. The van der Waals surface area contributed by atoms with Gasteiger partial charge in [0.25, 0.3) is 0 Å². The molecular formula is C13H19N5O. The van der Waals surface area contributed by atoms with Crippen LogP contribution in [0, 0.1) is 0 Å². The van der Waals surface area contributed by atoms with Crippen molar-refractivity contribution in [1.82, 2.24) is 19.5 Å². The molecule has 19 heavy (non-hydrogen) atoms. The third kappa shape index (κ3) is 2.06. The lowest BCUT2D eigenvalue weighted by Crippen LogP contribution is -2.37. The van der Waals surface area contributed by atoms with Crippen LogP contribution in [0.25, 0.3) is 11.5 Å². The van der Waals surface area contributed by atoms with Gasteiger partial charge in [-0.25, -0.2) is 15.0 Å². The summed E-state index contributed by atoms with van der Waals surface area (Å²) in [5.74, 6) is 2.96. The quantitative estimate of drug-likeness (QED) is 0.831. The molecule has 0 aromatic rings. The second-order valence-corrected chi connectivity index (χ2v) is 4.59. The van der Waals surface area contributed by atoms with Crippen LogP contribution >= 0.6 is 0 Å². The lowest BCUT2D eigenvalue weighted by Gasteiger charge is -2.30. The molecule has 3 heterocycles. The molecular weight excluding hydrogens is 242 g/mol. The normalized spacial score (nSPS) is 16.2. The van der Waals surface area contributed by atoms with Gasteiger partial charge in [0.1, 0.15) is 12.2 Å². The number of rotatable bonds is 3. The molecule has 0 radical (unpaired) electrons. The molecule has 3 aliphatic rings. The van der Waals surface area contributed by atoms with E-state index >= 15 is 0 Å². The first-order valence-electron chi connectivity index (χ1n) is 6.88. The minimum Gasteiger partial charge on any atom is -0.378 e. The number of nitrogens with zero attached hydrogens (tertiary/aromatic N) is 5. The molecule has 0 amide bonds. The van der Waals surface area contributed by atoms with Crippen LogP contribution in [0.5, 0.6) is 0 Å². The third-order valence-corrected chi connectivity index (χ3v) is 3.54. The monoisotopic (exact) mass is 261 g/mol. The van der Waals surface area contributed by atoms with Crippen LogP contribution in [0.4, 0.5) is 5.82 Å². The summed E-state index contributed by atoms with van der Waals surface area (Å²) < 4.78 is 7.55. The first-order valence-corrected chi connectivity index (χ1v) is 6.88. The van der Waals surface area contributed by atoms with E-state index in [-0.39, 0.29) is 0 Å². The highest BCUT2D eigenvalue weighted by Crippen LogP contribution is 2.29. The van der Waals surface area contributed by atoms with Crippen molar-refractivity contribution < 1.29 is 4.74 Å². The Morgan fingerprint density at radius 1 is 1.21 bits per heavy atom. The molecule has 0 spiro atoms. The minimum absolute atomic E-state index is 0.751. The maximum Gasteiger partial charge on any atom is 0.165 e. The Hall–Kier alpha value is -1.69. The van der Waals surface area contributed by atoms with Gasteiger partial charge >= 0.3 is 0 Å². The number of morpholine rings is 1. The highest BCUT2D eigenvalue weighted by molar-refractivity contribution is 5.68. The lowest BCUT2D eigenvalue weighted by atomic mass is 10.3. The molecule has 0 N–H and O–H groups in total. The van der Waals surface area contributed by atoms with Gasteiger partial charge in [0.2, 0.25) is 0 Å². The van der Waals surface area contributed by atoms with Crippen molar-refractivity contribution in [3.63, 3.8) is 0 Å². The Morgan fingerprint density at radius 2 is 2.00 bits per heavy atom. The van der Waals surface area contributed by atoms with Gasteiger partial charge in [-0.3, -0.25) is 0 Å². The zero-order valence-electron chi connectivity index (χ0n) is 11.5. The molecule has 3 aliphatic heterocycles. The van der Waals surface area contributed by atoms with E-state index in [2.05, 4.69) is 33.3 Å². The topological polar surface area (TPSA) is 56.1 Å². The van der Waals surface area contributed by atoms with Crippen LogP contribution < -0.4 is 4.90 Å². The number of imidazole rings is 1. The van der Waals surface area contributed by atoms with Crippen LogP contribution in [-0.4, -0.2) is 45.8 Å². The summed E-state index contributed by atoms with van der Waals surface area (Å²) in [5.41, 5.74) is 0.904. The summed E-state index contributed by atoms with van der Waals surface area (Å²) in [6.45, 7) is 8.35. The average molecular weight is 261 g/mol.